The third kappa shape index (κ3) is 5.01. The minimum Gasteiger partial charge on any atom is -0.370 e. The molecule has 1 aliphatic carbocycles. The highest BCUT2D eigenvalue weighted by Gasteiger charge is 2.36. The number of hydrogen-bond donors (Lipinski definition) is 1. The minimum atomic E-state index is -0.00525. The topological polar surface area (TPSA) is 24.5 Å². The molecule has 2 fully saturated rings. The van der Waals surface area contributed by atoms with E-state index in [9.17, 15) is 0 Å². The molecule has 3 heteroatoms. The summed E-state index contributed by atoms with van der Waals surface area (Å²) in [5, 5.41) is 3.75. The number of ether oxygens (including phenoxy) is 1. The maximum absolute atomic E-state index is 6.03. The summed E-state index contributed by atoms with van der Waals surface area (Å²) in [5.41, 5.74) is 0.388. The molecule has 1 saturated carbocycles. The third-order valence-electron chi connectivity index (χ3n) is 4.49. The monoisotopic (exact) mass is 282 g/mol. The molecule has 2 rings (SSSR count). The highest BCUT2D eigenvalue weighted by atomic mass is 16.5. The SMILES string of the molecule is CCCC(C)(CNC1CC1)CN1CC(C)OC(C)(C)C1. The first-order valence-electron chi connectivity index (χ1n) is 8.45. The van der Waals surface area contributed by atoms with Gasteiger partial charge in [-0.2, -0.15) is 0 Å². The lowest BCUT2D eigenvalue weighted by Gasteiger charge is -2.45. The molecule has 2 atom stereocenters. The Bertz CT molecular complexity index is 314. The second kappa shape index (κ2) is 6.33. The summed E-state index contributed by atoms with van der Waals surface area (Å²) in [7, 11) is 0. The van der Waals surface area contributed by atoms with Crippen LogP contribution in [-0.2, 0) is 4.74 Å². The molecule has 0 bridgehead atoms. The van der Waals surface area contributed by atoms with Crippen LogP contribution in [0, 0.1) is 5.41 Å². The lowest BCUT2D eigenvalue weighted by molar-refractivity contribution is -0.134. The van der Waals surface area contributed by atoms with Gasteiger partial charge in [0.05, 0.1) is 11.7 Å². The third-order valence-corrected chi connectivity index (χ3v) is 4.49. The Morgan fingerprint density at radius 1 is 1.35 bits per heavy atom. The van der Waals surface area contributed by atoms with Gasteiger partial charge in [0, 0.05) is 32.2 Å². The van der Waals surface area contributed by atoms with Gasteiger partial charge in [-0.1, -0.05) is 20.3 Å². The molecule has 1 heterocycles. The second-order valence-electron chi connectivity index (χ2n) is 8.07. The Kier molecular flexibility index (Phi) is 5.14. The predicted octanol–water partition coefficient (Wildman–Crippen LogP) is 3.04. The van der Waals surface area contributed by atoms with Crippen LogP contribution in [0.2, 0.25) is 0 Å². The van der Waals surface area contributed by atoms with Crippen molar-refractivity contribution < 1.29 is 4.74 Å². The van der Waals surface area contributed by atoms with Gasteiger partial charge < -0.3 is 10.1 Å². The van der Waals surface area contributed by atoms with Gasteiger partial charge in [-0.25, -0.2) is 0 Å². The van der Waals surface area contributed by atoms with Crippen molar-refractivity contribution in [3.63, 3.8) is 0 Å². The van der Waals surface area contributed by atoms with E-state index in [-0.39, 0.29) is 5.60 Å². The van der Waals surface area contributed by atoms with Crippen LogP contribution in [0.5, 0.6) is 0 Å². The molecule has 0 spiro atoms. The van der Waals surface area contributed by atoms with Crippen LogP contribution in [0.1, 0.15) is 60.3 Å². The van der Waals surface area contributed by atoms with E-state index in [2.05, 4.69) is 44.8 Å². The highest BCUT2D eigenvalue weighted by Crippen LogP contribution is 2.29. The van der Waals surface area contributed by atoms with E-state index < -0.39 is 0 Å². The Labute approximate surface area is 125 Å². The van der Waals surface area contributed by atoms with E-state index in [0.717, 1.165) is 25.7 Å². The molecule has 0 aromatic heterocycles. The van der Waals surface area contributed by atoms with Crippen molar-refractivity contribution in [2.75, 3.05) is 26.2 Å². The van der Waals surface area contributed by atoms with Gasteiger partial charge in [0.15, 0.2) is 0 Å². The van der Waals surface area contributed by atoms with Crippen molar-refractivity contribution in [3.05, 3.63) is 0 Å². The smallest absolute Gasteiger partial charge is 0.0757 e. The van der Waals surface area contributed by atoms with Crippen LogP contribution in [0.4, 0.5) is 0 Å². The summed E-state index contributed by atoms with van der Waals surface area (Å²) >= 11 is 0. The molecule has 0 radical (unpaired) electrons. The van der Waals surface area contributed by atoms with Gasteiger partial charge in [0.1, 0.15) is 0 Å². The molecule has 20 heavy (non-hydrogen) atoms. The molecule has 1 saturated heterocycles. The molecule has 2 aliphatic rings. The maximum Gasteiger partial charge on any atom is 0.0757 e. The Morgan fingerprint density at radius 2 is 2.05 bits per heavy atom. The van der Waals surface area contributed by atoms with Gasteiger partial charge in [-0.3, -0.25) is 4.90 Å². The zero-order valence-electron chi connectivity index (χ0n) is 14.2. The van der Waals surface area contributed by atoms with Gasteiger partial charge in [0.2, 0.25) is 0 Å². The van der Waals surface area contributed by atoms with Crippen molar-refractivity contribution >= 4 is 0 Å². The van der Waals surface area contributed by atoms with E-state index in [1.165, 1.54) is 32.2 Å². The average Bonchev–Trinajstić information content (AvgIpc) is 3.07. The van der Waals surface area contributed by atoms with E-state index in [1.54, 1.807) is 0 Å². The van der Waals surface area contributed by atoms with Crippen LogP contribution in [0.25, 0.3) is 0 Å². The molecule has 118 valence electrons. The lowest BCUT2D eigenvalue weighted by Crippen LogP contribution is -2.55. The van der Waals surface area contributed by atoms with Gasteiger partial charge >= 0.3 is 0 Å². The van der Waals surface area contributed by atoms with Gasteiger partial charge in [0.25, 0.3) is 0 Å². The zero-order valence-corrected chi connectivity index (χ0v) is 14.2. The molecule has 1 N–H and O–H groups in total. The van der Waals surface area contributed by atoms with Crippen molar-refractivity contribution in [2.45, 2.75) is 78.0 Å². The van der Waals surface area contributed by atoms with Gasteiger partial charge in [-0.05, 0) is 45.4 Å². The van der Waals surface area contributed by atoms with E-state index in [0.29, 0.717) is 11.5 Å². The predicted molar refractivity (Wildman–Crippen MR) is 85.1 cm³/mol. The summed E-state index contributed by atoms with van der Waals surface area (Å²) in [5.74, 6) is 0. The van der Waals surface area contributed by atoms with E-state index in [1.807, 2.05) is 0 Å². The number of nitrogens with one attached hydrogen (secondary N) is 1. The van der Waals surface area contributed by atoms with Crippen molar-refractivity contribution in [2.24, 2.45) is 5.41 Å². The molecule has 0 aromatic rings. The van der Waals surface area contributed by atoms with Crippen molar-refractivity contribution in [1.82, 2.24) is 10.2 Å². The number of morpholine rings is 1. The number of hydrogen-bond acceptors (Lipinski definition) is 3. The zero-order chi connectivity index (χ0) is 14.8. The standard InChI is InChI=1S/C17H34N2O/c1-6-9-17(5,11-18-15-7-8-15)13-19-10-14(2)20-16(3,4)12-19/h14-15,18H,6-13H2,1-5H3. The van der Waals surface area contributed by atoms with Crippen molar-refractivity contribution in [1.29, 1.82) is 0 Å². The molecular formula is C17H34N2O. The fourth-order valence-electron chi connectivity index (χ4n) is 3.75. The fourth-order valence-corrected chi connectivity index (χ4v) is 3.75. The van der Waals surface area contributed by atoms with E-state index >= 15 is 0 Å². The first kappa shape index (κ1) is 16.3. The summed E-state index contributed by atoms with van der Waals surface area (Å²) in [6, 6.07) is 0.811. The van der Waals surface area contributed by atoms with Crippen LogP contribution in [0.3, 0.4) is 0 Å². The Morgan fingerprint density at radius 3 is 2.60 bits per heavy atom. The average molecular weight is 282 g/mol. The molecule has 0 amide bonds. The lowest BCUT2D eigenvalue weighted by atomic mass is 9.84. The highest BCUT2D eigenvalue weighted by molar-refractivity contribution is 4.90. The van der Waals surface area contributed by atoms with Crippen LogP contribution >= 0.6 is 0 Å². The first-order valence-corrected chi connectivity index (χ1v) is 8.45. The molecular weight excluding hydrogens is 248 g/mol. The number of nitrogens with zero attached hydrogens (tertiary/aromatic N) is 1. The second-order valence-corrected chi connectivity index (χ2v) is 8.07. The normalized spacial score (nSPS) is 30.1. The maximum atomic E-state index is 6.03. The molecule has 1 aliphatic heterocycles. The minimum absolute atomic E-state index is 0.00525. The summed E-state index contributed by atoms with van der Waals surface area (Å²) in [6.07, 6.45) is 5.68. The van der Waals surface area contributed by atoms with Crippen molar-refractivity contribution in [3.8, 4) is 0 Å². The van der Waals surface area contributed by atoms with Crippen LogP contribution < -0.4 is 5.32 Å². The number of rotatable bonds is 7. The summed E-state index contributed by atoms with van der Waals surface area (Å²) in [4.78, 5) is 2.62. The molecule has 2 unspecified atom stereocenters. The molecule has 3 nitrogen and oxygen atoms in total. The summed E-state index contributed by atoms with van der Waals surface area (Å²) in [6.45, 7) is 15.9. The Hall–Kier alpha value is -0.120. The first-order chi connectivity index (χ1) is 9.32. The quantitative estimate of drug-likeness (QED) is 0.777. The van der Waals surface area contributed by atoms with Crippen LogP contribution in [0.15, 0.2) is 0 Å². The fraction of sp³-hybridized carbons (Fsp3) is 1.00. The van der Waals surface area contributed by atoms with Crippen LogP contribution in [-0.4, -0.2) is 48.8 Å². The van der Waals surface area contributed by atoms with Gasteiger partial charge in [-0.15, -0.1) is 0 Å². The Balaban J connectivity index is 1.91. The largest absolute Gasteiger partial charge is 0.370 e. The van der Waals surface area contributed by atoms with E-state index in [4.69, 9.17) is 4.74 Å². The molecule has 0 aromatic carbocycles. The summed E-state index contributed by atoms with van der Waals surface area (Å²) < 4.78 is 6.03.